The lowest BCUT2D eigenvalue weighted by Gasteiger charge is -2.05. The molecule has 0 N–H and O–H groups in total. The van der Waals surface area contributed by atoms with Gasteiger partial charge in [0.15, 0.2) is 0 Å². The van der Waals surface area contributed by atoms with Gasteiger partial charge in [-0.2, -0.15) is 0 Å². The van der Waals surface area contributed by atoms with Crippen molar-refractivity contribution in [3.63, 3.8) is 0 Å². The maximum Gasteiger partial charge on any atom is -0.00607 e. The van der Waals surface area contributed by atoms with Gasteiger partial charge in [0.2, 0.25) is 0 Å². The van der Waals surface area contributed by atoms with Crippen molar-refractivity contribution in [3.8, 4) is 0 Å². The highest BCUT2D eigenvalue weighted by molar-refractivity contribution is 5.54. The Kier molecular flexibility index (Phi) is 4.54. The molecule has 2 rings (SSSR count). The molecule has 0 nitrogen and oxygen atoms in total. The topological polar surface area (TPSA) is 0 Å². The summed E-state index contributed by atoms with van der Waals surface area (Å²) in [7, 11) is 0. The van der Waals surface area contributed by atoms with E-state index >= 15 is 0 Å². The van der Waals surface area contributed by atoms with Gasteiger partial charge in [-0.15, -0.1) is 6.58 Å². The van der Waals surface area contributed by atoms with Crippen molar-refractivity contribution in [1.82, 2.24) is 0 Å². The molecule has 0 amide bonds. The smallest absolute Gasteiger partial charge is 0.00607 e. The monoisotopic (exact) mass is 234 g/mol. The molecule has 0 fully saturated rings. The zero-order chi connectivity index (χ0) is 12.6. The van der Waals surface area contributed by atoms with Gasteiger partial charge in [-0.05, 0) is 24.0 Å². The highest BCUT2D eigenvalue weighted by Crippen LogP contribution is 2.15. The standard InChI is InChI=1S/C18H18/c1-2-9-18(14-16-10-5-3-6-11-16)15-17-12-7-4-8-13-17/h2-8,10-14H,1,9,15H2. The number of hydrogen-bond donors (Lipinski definition) is 0. The summed E-state index contributed by atoms with van der Waals surface area (Å²) in [6, 6.07) is 21.0. The Bertz CT molecular complexity index is 506. The molecule has 0 heterocycles. The number of rotatable bonds is 5. The lowest BCUT2D eigenvalue weighted by molar-refractivity contribution is 1.08. The maximum absolute atomic E-state index is 3.84. The Morgan fingerprint density at radius 3 is 2.11 bits per heavy atom. The molecular formula is C18H18. The first-order chi connectivity index (χ1) is 8.88. The highest BCUT2D eigenvalue weighted by atomic mass is 14.0. The van der Waals surface area contributed by atoms with Crippen molar-refractivity contribution in [2.24, 2.45) is 0 Å². The van der Waals surface area contributed by atoms with Crippen LogP contribution < -0.4 is 0 Å². The van der Waals surface area contributed by atoms with Crippen molar-refractivity contribution >= 4 is 6.08 Å². The molecule has 0 saturated carbocycles. The Balaban J connectivity index is 2.18. The summed E-state index contributed by atoms with van der Waals surface area (Å²) in [5.41, 5.74) is 3.99. The Morgan fingerprint density at radius 2 is 1.50 bits per heavy atom. The van der Waals surface area contributed by atoms with Crippen LogP contribution in [0.15, 0.2) is 78.9 Å². The second-order valence-corrected chi connectivity index (χ2v) is 4.37. The number of benzene rings is 2. The van der Waals surface area contributed by atoms with E-state index in [1.165, 1.54) is 16.7 Å². The summed E-state index contributed by atoms with van der Waals surface area (Å²) in [5, 5.41) is 0. The summed E-state index contributed by atoms with van der Waals surface area (Å²) in [4.78, 5) is 0. The molecule has 90 valence electrons. The van der Waals surface area contributed by atoms with Gasteiger partial charge in [0.05, 0.1) is 0 Å². The lowest BCUT2D eigenvalue weighted by atomic mass is 10.00. The zero-order valence-electron chi connectivity index (χ0n) is 10.5. The SMILES string of the molecule is C=CCC(=Cc1ccccc1)Cc1ccccc1. The third kappa shape index (κ3) is 3.74. The Hall–Kier alpha value is -2.08. The first kappa shape index (κ1) is 12.4. The molecule has 0 spiro atoms. The zero-order valence-corrected chi connectivity index (χ0v) is 10.5. The van der Waals surface area contributed by atoms with Crippen LogP contribution in [0.2, 0.25) is 0 Å². The third-order valence-electron chi connectivity index (χ3n) is 2.85. The minimum Gasteiger partial charge on any atom is -0.103 e. The van der Waals surface area contributed by atoms with Crippen LogP contribution in [-0.4, -0.2) is 0 Å². The molecule has 0 unspecified atom stereocenters. The van der Waals surface area contributed by atoms with E-state index in [1.54, 1.807) is 0 Å². The van der Waals surface area contributed by atoms with E-state index in [2.05, 4.69) is 67.3 Å². The second-order valence-electron chi connectivity index (χ2n) is 4.37. The first-order valence-electron chi connectivity index (χ1n) is 6.28. The molecule has 0 atom stereocenters. The fourth-order valence-electron chi connectivity index (χ4n) is 2.01. The van der Waals surface area contributed by atoms with Crippen LogP contribution in [0.3, 0.4) is 0 Å². The minimum atomic E-state index is 0.934. The van der Waals surface area contributed by atoms with Crippen molar-refractivity contribution in [1.29, 1.82) is 0 Å². The molecule has 2 aromatic rings. The van der Waals surface area contributed by atoms with E-state index in [4.69, 9.17) is 0 Å². The fraction of sp³-hybridized carbons (Fsp3) is 0.111. The largest absolute Gasteiger partial charge is 0.103 e. The Morgan fingerprint density at radius 1 is 0.889 bits per heavy atom. The maximum atomic E-state index is 3.84. The summed E-state index contributed by atoms with van der Waals surface area (Å²) in [6.45, 7) is 3.84. The van der Waals surface area contributed by atoms with Gasteiger partial charge in [0.25, 0.3) is 0 Å². The van der Waals surface area contributed by atoms with Gasteiger partial charge in [-0.1, -0.05) is 78.4 Å². The highest BCUT2D eigenvalue weighted by Gasteiger charge is 1.98. The third-order valence-corrected chi connectivity index (χ3v) is 2.85. The van der Waals surface area contributed by atoms with Crippen LogP contribution in [-0.2, 0) is 6.42 Å². The average molecular weight is 234 g/mol. The second kappa shape index (κ2) is 6.61. The van der Waals surface area contributed by atoms with Crippen LogP contribution in [0.5, 0.6) is 0 Å². The van der Waals surface area contributed by atoms with E-state index in [0.717, 1.165) is 12.8 Å². The first-order valence-corrected chi connectivity index (χ1v) is 6.28. The van der Waals surface area contributed by atoms with E-state index in [1.807, 2.05) is 12.1 Å². The van der Waals surface area contributed by atoms with Gasteiger partial charge in [0, 0.05) is 0 Å². The van der Waals surface area contributed by atoms with Gasteiger partial charge in [-0.25, -0.2) is 0 Å². The van der Waals surface area contributed by atoms with Gasteiger partial charge in [0.1, 0.15) is 0 Å². The molecule has 18 heavy (non-hydrogen) atoms. The molecule has 0 aromatic heterocycles. The van der Waals surface area contributed by atoms with Crippen LogP contribution >= 0.6 is 0 Å². The van der Waals surface area contributed by atoms with Gasteiger partial charge >= 0.3 is 0 Å². The molecule has 2 aromatic carbocycles. The van der Waals surface area contributed by atoms with Crippen LogP contribution in [0.25, 0.3) is 6.08 Å². The van der Waals surface area contributed by atoms with Gasteiger partial charge in [-0.3, -0.25) is 0 Å². The molecule has 0 aliphatic rings. The number of allylic oxidation sites excluding steroid dienone is 2. The van der Waals surface area contributed by atoms with E-state index in [-0.39, 0.29) is 0 Å². The molecule has 0 saturated heterocycles. The quantitative estimate of drug-likeness (QED) is 0.646. The summed E-state index contributed by atoms with van der Waals surface area (Å²) in [6.07, 6.45) is 6.15. The molecule has 0 heteroatoms. The van der Waals surface area contributed by atoms with Crippen LogP contribution in [0.4, 0.5) is 0 Å². The van der Waals surface area contributed by atoms with Crippen molar-refractivity contribution in [3.05, 3.63) is 90.0 Å². The molecule has 0 radical (unpaired) electrons. The van der Waals surface area contributed by atoms with Crippen molar-refractivity contribution < 1.29 is 0 Å². The van der Waals surface area contributed by atoms with E-state index < -0.39 is 0 Å². The number of hydrogen-bond acceptors (Lipinski definition) is 0. The predicted molar refractivity (Wildman–Crippen MR) is 79.4 cm³/mol. The predicted octanol–water partition coefficient (Wildman–Crippen LogP) is 4.89. The van der Waals surface area contributed by atoms with Crippen molar-refractivity contribution in [2.45, 2.75) is 12.8 Å². The summed E-state index contributed by atoms with van der Waals surface area (Å²) >= 11 is 0. The van der Waals surface area contributed by atoms with E-state index in [9.17, 15) is 0 Å². The summed E-state index contributed by atoms with van der Waals surface area (Å²) in [5.74, 6) is 0. The lowest BCUT2D eigenvalue weighted by Crippen LogP contribution is -1.89. The van der Waals surface area contributed by atoms with Crippen molar-refractivity contribution in [2.75, 3.05) is 0 Å². The van der Waals surface area contributed by atoms with Crippen LogP contribution in [0.1, 0.15) is 17.5 Å². The Labute approximate surface area is 109 Å². The van der Waals surface area contributed by atoms with Gasteiger partial charge < -0.3 is 0 Å². The average Bonchev–Trinajstić information content (AvgIpc) is 2.41. The fourth-order valence-corrected chi connectivity index (χ4v) is 2.01. The minimum absolute atomic E-state index is 0.934. The molecule has 0 aliphatic carbocycles. The van der Waals surface area contributed by atoms with E-state index in [0.29, 0.717) is 0 Å². The molecule has 0 bridgehead atoms. The van der Waals surface area contributed by atoms with Crippen LogP contribution in [0, 0.1) is 0 Å². The molecule has 0 aliphatic heterocycles. The normalized spacial score (nSPS) is 11.2. The summed E-state index contributed by atoms with van der Waals surface area (Å²) < 4.78 is 0. The molecular weight excluding hydrogens is 216 g/mol.